The molecular formula is C18H26FIN4S. The molecular weight excluding hydrogens is 450 g/mol. The predicted octanol–water partition coefficient (Wildman–Crippen LogP) is 3.97. The summed E-state index contributed by atoms with van der Waals surface area (Å²) in [7, 11) is 1.76. The van der Waals surface area contributed by atoms with Crippen LogP contribution in [0.2, 0.25) is 0 Å². The van der Waals surface area contributed by atoms with Crippen LogP contribution in [0.4, 0.5) is 4.39 Å². The van der Waals surface area contributed by atoms with E-state index in [4.69, 9.17) is 0 Å². The molecule has 0 atom stereocenters. The second-order valence-electron chi connectivity index (χ2n) is 5.88. The van der Waals surface area contributed by atoms with Gasteiger partial charge in [0.2, 0.25) is 0 Å². The minimum Gasteiger partial charge on any atom is -0.356 e. The lowest BCUT2D eigenvalue weighted by Crippen LogP contribution is -2.39. The summed E-state index contributed by atoms with van der Waals surface area (Å²) in [5, 5.41) is 9.88. The van der Waals surface area contributed by atoms with Crippen LogP contribution in [0.1, 0.15) is 36.0 Å². The Labute approximate surface area is 170 Å². The third-order valence-electron chi connectivity index (χ3n) is 3.58. The van der Waals surface area contributed by atoms with Crippen LogP contribution in [-0.4, -0.2) is 31.1 Å². The van der Waals surface area contributed by atoms with Crippen molar-refractivity contribution in [1.29, 1.82) is 0 Å². The van der Waals surface area contributed by atoms with Gasteiger partial charge in [-0.25, -0.2) is 9.37 Å². The van der Waals surface area contributed by atoms with Crippen LogP contribution < -0.4 is 10.6 Å². The lowest BCUT2D eigenvalue weighted by molar-refractivity contribution is 0.626. The summed E-state index contributed by atoms with van der Waals surface area (Å²) in [5.74, 6) is 1.06. The summed E-state index contributed by atoms with van der Waals surface area (Å²) in [6.45, 7) is 5.86. The average Bonchev–Trinajstić information content (AvgIpc) is 3.04. The summed E-state index contributed by atoms with van der Waals surface area (Å²) >= 11 is 1.72. The number of rotatable bonds is 7. The first kappa shape index (κ1) is 21.8. The van der Waals surface area contributed by atoms with Crippen molar-refractivity contribution in [2.45, 2.75) is 32.6 Å². The van der Waals surface area contributed by atoms with Crippen molar-refractivity contribution in [2.24, 2.45) is 4.99 Å². The fourth-order valence-electron chi connectivity index (χ4n) is 2.21. The number of thiazole rings is 1. The third-order valence-corrected chi connectivity index (χ3v) is 4.77. The van der Waals surface area contributed by atoms with Crippen molar-refractivity contribution in [3.05, 3.63) is 51.7 Å². The highest BCUT2D eigenvalue weighted by molar-refractivity contribution is 14.0. The molecule has 1 heterocycles. The number of nitrogens with one attached hydrogen (secondary N) is 2. The van der Waals surface area contributed by atoms with Crippen LogP contribution in [0.15, 0.2) is 34.6 Å². The first-order valence-corrected chi connectivity index (χ1v) is 9.09. The van der Waals surface area contributed by atoms with Gasteiger partial charge in [0.1, 0.15) is 5.82 Å². The number of halogens is 2. The van der Waals surface area contributed by atoms with E-state index in [1.54, 1.807) is 18.4 Å². The van der Waals surface area contributed by atoms with E-state index in [2.05, 4.69) is 39.8 Å². The first-order valence-electron chi connectivity index (χ1n) is 8.21. The van der Waals surface area contributed by atoms with Crippen molar-refractivity contribution in [2.75, 3.05) is 20.1 Å². The third kappa shape index (κ3) is 7.68. The Bertz CT molecular complexity index is 655. The fraction of sp³-hybridized carbons (Fsp3) is 0.444. The molecule has 0 spiro atoms. The maximum Gasteiger partial charge on any atom is 0.190 e. The minimum absolute atomic E-state index is 0. The van der Waals surface area contributed by atoms with Gasteiger partial charge in [-0.05, 0) is 24.1 Å². The number of guanidine groups is 1. The molecule has 2 rings (SSSR count). The Morgan fingerprint density at radius 2 is 1.80 bits per heavy atom. The van der Waals surface area contributed by atoms with Gasteiger partial charge < -0.3 is 10.6 Å². The smallest absolute Gasteiger partial charge is 0.190 e. The molecule has 0 unspecified atom stereocenters. The molecule has 0 aliphatic rings. The van der Waals surface area contributed by atoms with E-state index < -0.39 is 0 Å². The van der Waals surface area contributed by atoms with Crippen molar-refractivity contribution >= 4 is 41.3 Å². The van der Waals surface area contributed by atoms with Gasteiger partial charge in [-0.2, -0.15) is 0 Å². The SMILES string of the molecule is CN=C(NCCc1ccc(F)cc1)NCCc1csc(C(C)C)n1.I. The molecule has 0 saturated heterocycles. The molecule has 0 radical (unpaired) electrons. The van der Waals surface area contributed by atoms with E-state index in [0.29, 0.717) is 5.92 Å². The number of aliphatic imine (C=N–C) groups is 1. The fourth-order valence-corrected chi connectivity index (χ4v) is 3.08. The number of aromatic nitrogens is 1. The van der Waals surface area contributed by atoms with Gasteiger partial charge in [0.25, 0.3) is 0 Å². The van der Waals surface area contributed by atoms with Gasteiger partial charge in [-0.1, -0.05) is 26.0 Å². The Balaban J connectivity index is 0.00000312. The number of nitrogens with zero attached hydrogens (tertiary/aromatic N) is 2. The molecule has 1 aromatic carbocycles. The van der Waals surface area contributed by atoms with E-state index >= 15 is 0 Å². The standard InChI is InChI=1S/C18H25FN4S.HI/c1-13(2)17-23-16(12-24-17)9-11-22-18(20-3)21-10-8-14-4-6-15(19)7-5-14;/h4-7,12-13H,8-11H2,1-3H3,(H2,20,21,22);1H. The van der Waals surface area contributed by atoms with Gasteiger partial charge in [-0.15, -0.1) is 35.3 Å². The molecule has 7 heteroatoms. The van der Waals surface area contributed by atoms with E-state index in [-0.39, 0.29) is 29.8 Å². The molecule has 25 heavy (non-hydrogen) atoms. The molecule has 138 valence electrons. The molecule has 0 aliphatic carbocycles. The molecule has 0 saturated carbocycles. The number of hydrogen-bond acceptors (Lipinski definition) is 3. The van der Waals surface area contributed by atoms with Crippen molar-refractivity contribution < 1.29 is 4.39 Å². The molecule has 0 bridgehead atoms. The van der Waals surface area contributed by atoms with Crippen LogP contribution in [0.5, 0.6) is 0 Å². The van der Waals surface area contributed by atoms with Crippen LogP contribution in [0, 0.1) is 5.82 Å². The highest BCUT2D eigenvalue weighted by Gasteiger charge is 2.06. The monoisotopic (exact) mass is 476 g/mol. The van der Waals surface area contributed by atoms with Crippen molar-refractivity contribution in [3.63, 3.8) is 0 Å². The second-order valence-corrected chi connectivity index (χ2v) is 6.77. The summed E-state index contributed by atoms with van der Waals surface area (Å²) in [4.78, 5) is 8.84. The zero-order valence-corrected chi connectivity index (χ0v) is 18.0. The zero-order chi connectivity index (χ0) is 17.4. The van der Waals surface area contributed by atoms with Crippen LogP contribution in [-0.2, 0) is 12.8 Å². The molecule has 0 amide bonds. The molecule has 0 fully saturated rings. The van der Waals surface area contributed by atoms with E-state index in [0.717, 1.165) is 43.1 Å². The highest BCUT2D eigenvalue weighted by atomic mass is 127. The summed E-state index contributed by atoms with van der Waals surface area (Å²) in [6.07, 6.45) is 1.70. The summed E-state index contributed by atoms with van der Waals surface area (Å²) in [5.41, 5.74) is 2.22. The Morgan fingerprint density at radius 3 is 2.36 bits per heavy atom. The van der Waals surface area contributed by atoms with Crippen LogP contribution in [0.3, 0.4) is 0 Å². The Morgan fingerprint density at radius 1 is 1.16 bits per heavy atom. The van der Waals surface area contributed by atoms with E-state index in [1.807, 2.05) is 12.1 Å². The Hall–Kier alpha value is -1.22. The van der Waals surface area contributed by atoms with Crippen molar-refractivity contribution in [3.8, 4) is 0 Å². The van der Waals surface area contributed by atoms with Crippen LogP contribution >= 0.6 is 35.3 Å². The van der Waals surface area contributed by atoms with E-state index in [1.165, 1.54) is 17.1 Å². The molecule has 2 aromatic rings. The lowest BCUT2D eigenvalue weighted by Gasteiger charge is -2.11. The molecule has 4 nitrogen and oxygen atoms in total. The van der Waals surface area contributed by atoms with Gasteiger partial charge >= 0.3 is 0 Å². The van der Waals surface area contributed by atoms with Crippen LogP contribution in [0.25, 0.3) is 0 Å². The molecule has 2 N–H and O–H groups in total. The van der Waals surface area contributed by atoms with Crippen molar-refractivity contribution in [1.82, 2.24) is 15.6 Å². The van der Waals surface area contributed by atoms with Gasteiger partial charge in [0.05, 0.1) is 10.7 Å². The maximum absolute atomic E-state index is 12.9. The maximum atomic E-state index is 12.9. The topological polar surface area (TPSA) is 49.3 Å². The number of benzene rings is 1. The highest BCUT2D eigenvalue weighted by Crippen LogP contribution is 2.19. The number of hydrogen-bond donors (Lipinski definition) is 2. The quantitative estimate of drug-likeness (QED) is 0.361. The summed E-state index contributed by atoms with van der Waals surface area (Å²) in [6, 6.07) is 6.59. The first-order chi connectivity index (χ1) is 11.6. The predicted molar refractivity (Wildman–Crippen MR) is 115 cm³/mol. The second kappa shape index (κ2) is 11.4. The largest absolute Gasteiger partial charge is 0.356 e. The normalized spacial score (nSPS) is 11.3. The van der Waals surface area contributed by atoms with Gasteiger partial charge in [-0.3, -0.25) is 4.99 Å². The average molecular weight is 476 g/mol. The van der Waals surface area contributed by atoms with E-state index in [9.17, 15) is 4.39 Å². The zero-order valence-electron chi connectivity index (χ0n) is 14.9. The summed E-state index contributed by atoms with van der Waals surface area (Å²) < 4.78 is 12.9. The lowest BCUT2D eigenvalue weighted by atomic mass is 10.1. The van der Waals surface area contributed by atoms with Gasteiger partial charge in [0, 0.05) is 37.9 Å². The minimum atomic E-state index is -0.202. The van der Waals surface area contributed by atoms with Gasteiger partial charge in [0.15, 0.2) is 5.96 Å². The molecule has 0 aliphatic heterocycles. The Kier molecular flexibility index (Phi) is 9.96. The molecule has 1 aromatic heterocycles.